The van der Waals surface area contributed by atoms with Crippen LogP contribution in [0.1, 0.15) is 48.9 Å². The minimum Gasteiger partial charge on any atom is -0.496 e. The summed E-state index contributed by atoms with van der Waals surface area (Å²) in [6.45, 7) is 1.23. The molecule has 1 aromatic carbocycles. The third-order valence-corrected chi connectivity index (χ3v) is 9.50. The summed E-state index contributed by atoms with van der Waals surface area (Å²) < 4.78 is 62.5. The first kappa shape index (κ1) is 27.0. The molecule has 36 heavy (non-hydrogen) atoms. The molecule has 198 valence electrons. The van der Waals surface area contributed by atoms with Gasteiger partial charge >= 0.3 is 0 Å². The number of hydrogen-bond donors (Lipinski definition) is 0. The van der Waals surface area contributed by atoms with E-state index in [1.54, 1.807) is 29.8 Å². The lowest BCUT2D eigenvalue weighted by molar-refractivity contribution is -0.0891. The van der Waals surface area contributed by atoms with Gasteiger partial charge in [0, 0.05) is 64.2 Å². The average Bonchev–Trinajstić information content (AvgIpc) is 3.30. The fourth-order valence-corrected chi connectivity index (χ4v) is 6.94. The molecule has 1 aromatic heterocycles. The molecule has 2 heterocycles. The second kappa shape index (κ2) is 10.4. The molecule has 2 aliphatic rings. The van der Waals surface area contributed by atoms with Crippen LogP contribution in [0.15, 0.2) is 35.7 Å². The molecule has 0 bridgehead atoms. The van der Waals surface area contributed by atoms with Gasteiger partial charge in [-0.15, -0.1) is 0 Å². The van der Waals surface area contributed by atoms with Crippen LogP contribution in [0.2, 0.25) is 5.02 Å². The predicted octanol–water partition coefficient (Wildman–Crippen LogP) is 4.00. The Hall–Kier alpha value is -2.08. The number of halogens is 3. The Bertz CT molecular complexity index is 1200. The number of ether oxygens (including phenoxy) is 1. The summed E-state index contributed by atoms with van der Waals surface area (Å²) in [4.78, 5) is 19.2. The lowest BCUT2D eigenvalue weighted by Gasteiger charge is -2.50. The lowest BCUT2D eigenvalue weighted by atomic mass is 9.74. The summed E-state index contributed by atoms with van der Waals surface area (Å²) >= 11 is 6.28. The number of alkyl halides is 2. The molecule has 0 amide bonds. The first-order chi connectivity index (χ1) is 17.0. The van der Waals surface area contributed by atoms with Crippen molar-refractivity contribution in [2.75, 3.05) is 33.3 Å². The number of carbonyl (C=O) groups excluding carboxylic acids is 1. The summed E-state index contributed by atoms with van der Waals surface area (Å²) in [5, 5.41) is 0.279. The van der Waals surface area contributed by atoms with Gasteiger partial charge in [0.1, 0.15) is 5.75 Å². The molecule has 4 rings (SSSR count). The van der Waals surface area contributed by atoms with E-state index < -0.39 is 21.5 Å². The van der Waals surface area contributed by atoms with E-state index in [0.29, 0.717) is 30.8 Å². The Balaban J connectivity index is 1.50. The molecule has 0 atom stereocenters. The zero-order valence-corrected chi connectivity index (χ0v) is 22.0. The molecule has 0 radical (unpaired) electrons. The highest BCUT2D eigenvalue weighted by Crippen LogP contribution is 2.45. The van der Waals surface area contributed by atoms with Crippen molar-refractivity contribution in [2.24, 2.45) is 7.05 Å². The topological polar surface area (TPSA) is 84.7 Å². The van der Waals surface area contributed by atoms with E-state index in [-0.39, 0.29) is 61.0 Å². The van der Waals surface area contributed by atoms with Gasteiger partial charge < -0.3 is 9.30 Å². The van der Waals surface area contributed by atoms with Crippen LogP contribution in [0.25, 0.3) is 0 Å². The predicted molar refractivity (Wildman–Crippen MR) is 131 cm³/mol. The van der Waals surface area contributed by atoms with E-state index >= 15 is 0 Å². The second-order valence-electron chi connectivity index (χ2n) is 9.59. The Morgan fingerprint density at radius 1 is 1.14 bits per heavy atom. The zero-order valence-electron chi connectivity index (χ0n) is 20.4. The highest BCUT2D eigenvalue weighted by molar-refractivity contribution is 7.89. The van der Waals surface area contributed by atoms with E-state index in [2.05, 4.69) is 9.88 Å². The highest BCUT2D eigenvalue weighted by atomic mass is 35.5. The first-order valence-electron chi connectivity index (χ1n) is 11.9. The number of carbonyl (C=O) groups is 1. The number of nitrogens with zero attached hydrogens (tertiary/aromatic N) is 4. The van der Waals surface area contributed by atoms with Crippen LogP contribution < -0.4 is 4.74 Å². The Morgan fingerprint density at radius 3 is 2.39 bits per heavy atom. The molecule has 8 nitrogen and oxygen atoms in total. The molecular formula is C24H31ClF2N4O4S. The Kier molecular flexibility index (Phi) is 7.76. The molecule has 1 saturated carbocycles. The van der Waals surface area contributed by atoms with Gasteiger partial charge in [0.05, 0.1) is 24.0 Å². The number of Topliss-reactive ketones (excluding diaryl/α,β-unsaturated/α-hetero) is 1. The fraction of sp³-hybridized carbons (Fsp3) is 0.583. The Morgan fingerprint density at radius 2 is 1.81 bits per heavy atom. The number of aryl methyl sites for hydroxylation is 1. The fourth-order valence-electron chi connectivity index (χ4n) is 5.28. The molecule has 2 aromatic rings. The van der Waals surface area contributed by atoms with Crippen LogP contribution in [0.4, 0.5) is 8.78 Å². The van der Waals surface area contributed by atoms with Crippen molar-refractivity contribution in [3.05, 3.63) is 41.3 Å². The highest BCUT2D eigenvalue weighted by Gasteiger charge is 2.47. The van der Waals surface area contributed by atoms with Gasteiger partial charge in [0.25, 0.3) is 10.0 Å². The molecule has 1 aliphatic heterocycles. The number of imidazole rings is 1. The van der Waals surface area contributed by atoms with E-state index in [1.165, 1.54) is 23.9 Å². The lowest BCUT2D eigenvalue weighted by Crippen LogP contribution is -2.59. The molecule has 0 unspecified atom stereocenters. The van der Waals surface area contributed by atoms with Crippen molar-refractivity contribution in [2.45, 2.75) is 55.0 Å². The van der Waals surface area contributed by atoms with E-state index in [9.17, 15) is 22.0 Å². The van der Waals surface area contributed by atoms with Gasteiger partial charge in [0.2, 0.25) is 5.92 Å². The van der Waals surface area contributed by atoms with Crippen LogP contribution in [-0.4, -0.2) is 77.7 Å². The first-order valence-corrected chi connectivity index (χ1v) is 13.8. The maximum atomic E-state index is 14.1. The summed E-state index contributed by atoms with van der Waals surface area (Å²) in [7, 11) is -0.571. The van der Waals surface area contributed by atoms with Crippen LogP contribution in [0.3, 0.4) is 0 Å². The van der Waals surface area contributed by atoms with Gasteiger partial charge in [-0.25, -0.2) is 22.2 Å². The summed E-state index contributed by atoms with van der Waals surface area (Å²) in [5.74, 6) is -2.56. The number of benzene rings is 1. The van der Waals surface area contributed by atoms with Crippen LogP contribution >= 0.6 is 11.6 Å². The zero-order chi connectivity index (χ0) is 26.1. The van der Waals surface area contributed by atoms with Crippen molar-refractivity contribution >= 4 is 27.4 Å². The molecule has 1 aliphatic carbocycles. The van der Waals surface area contributed by atoms with E-state index in [0.717, 1.165) is 0 Å². The van der Waals surface area contributed by atoms with Gasteiger partial charge in [0.15, 0.2) is 10.8 Å². The van der Waals surface area contributed by atoms with Crippen molar-refractivity contribution in [1.82, 2.24) is 18.8 Å². The quantitative estimate of drug-likeness (QED) is 0.467. The average molecular weight is 545 g/mol. The molecule has 12 heteroatoms. The van der Waals surface area contributed by atoms with Crippen molar-refractivity contribution in [3.63, 3.8) is 0 Å². The maximum absolute atomic E-state index is 14.1. The van der Waals surface area contributed by atoms with Crippen LogP contribution in [0.5, 0.6) is 5.75 Å². The SMILES string of the molecule is COc1cccc(Cl)c1C(=O)CCC1(N2CCN(S(=O)(=O)c3cn(C)cn3)CC2)CCC(F)(F)CC1. The van der Waals surface area contributed by atoms with Crippen molar-refractivity contribution in [3.8, 4) is 5.75 Å². The molecule has 0 N–H and O–H groups in total. The number of hydrogen-bond acceptors (Lipinski definition) is 6. The Labute approximate surface area is 215 Å². The number of piperazine rings is 1. The standard InChI is InChI=1S/C24H31ClF2N4O4S/c1-29-16-21(28-17-29)36(33,34)31-14-12-30(13-15-31)23(8-10-24(26,27)11-9-23)7-6-19(32)22-18(25)4-3-5-20(22)35-2/h3-5,16-17H,6-15H2,1-2H3. The molecule has 0 spiro atoms. The van der Waals surface area contributed by atoms with Crippen LogP contribution in [0, 0.1) is 0 Å². The number of aromatic nitrogens is 2. The number of methoxy groups -OCH3 is 1. The number of rotatable bonds is 8. The summed E-state index contributed by atoms with van der Waals surface area (Å²) in [6, 6.07) is 4.98. The van der Waals surface area contributed by atoms with Gasteiger partial charge in [-0.3, -0.25) is 9.69 Å². The smallest absolute Gasteiger partial charge is 0.262 e. The number of ketones is 1. The minimum atomic E-state index is -3.74. The van der Waals surface area contributed by atoms with Crippen LogP contribution in [-0.2, 0) is 17.1 Å². The maximum Gasteiger partial charge on any atom is 0.262 e. The second-order valence-corrected chi connectivity index (χ2v) is 11.9. The third-order valence-electron chi connectivity index (χ3n) is 7.40. The van der Waals surface area contributed by atoms with E-state index in [1.807, 2.05) is 0 Å². The van der Waals surface area contributed by atoms with E-state index in [4.69, 9.17) is 16.3 Å². The monoisotopic (exact) mass is 544 g/mol. The van der Waals surface area contributed by atoms with Gasteiger partial charge in [-0.05, 0) is 31.4 Å². The summed E-state index contributed by atoms with van der Waals surface area (Å²) in [6.07, 6.45) is 3.35. The summed E-state index contributed by atoms with van der Waals surface area (Å²) in [5.41, 5.74) is -0.323. The largest absolute Gasteiger partial charge is 0.496 e. The molecule has 2 fully saturated rings. The minimum absolute atomic E-state index is 0.00949. The van der Waals surface area contributed by atoms with Gasteiger partial charge in [-0.1, -0.05) is 17.7 Å². The molecular weight excluding hydrogens is 514 g/mol. The van der Waals surface area contributed by atoms with Crippen molar-refractivity contribution in [1.29, 1.82) is 0 Å². The normalized spacial score (nSPS) is 20.8. The molecule has 1 saturated heterocycles. The third kappa shape index (κ3) is 5.44. The van der Waals surface area contributed by atoms with Gasteiger partial charge in [-0.2, -0.15) is 4.31 Å². The van der Waals surface area contributed by atoms with Crippen molar-refractivity contribution < 1.29 is 26.7 Å². The number of sulfonamides is 1.